The molecule has 0 bridgehead atoms. The highest BCUT2D eigenvalue weighted by Crippen LogP contribution is 2.32. The van der Waals surface area contributed by atoms with Gasteiger partial charge in [-0.25, -0.2) is 8.42 Å². The third-order valence-corrected chi connectivity index (χ3v) is 9.75. The Labute approximate surface area is 233 Å². The number of hydrogen-bond donors (Lipinski definition) is 1. The number of thioether (sulfide) groups is 1. The van der Waals surface area contributed by atoms with E-state index < -0.39 is 15.9 Å². The molecular formula is C28H33N3O6S2. The van der Waals surface area contributed by atoms with E-state index in [0.717, 1.165) is 27.8 Å². The Balaban J connectivity index is 1.25. The number of sulfonamides is 1. The van der Waals surface area contributed by atoms with Crippen molar-refractivity contribution in [1.29, 1.82) is 0 Å². The van der Waals surface area contributed by atoms with Gasteiger partial charge in [0.1, 0.15) is 5.75 Å². The Kier molecular flexibility index (Phi) is 9.14. The number of benzene rings is 2. The van der Waals surface area contributed by atoms with Gasteiger partial charge in [-0.1, -0.05) is 38.1 Å². The fourth-order valence-electron chi connectivity index (χ4n) is 4.51. The average Bonchev–Trinajstić information content (AvgIpc) is 3.20. The lowest BCUT2D eigenvalue weighted by molar-refractivity contribution is -0.127. The number of ether oxygens (including phenoxy) is 1. The molecule has 2 fully saturated rings. The largest absolute Gasteiger partial charge is 0.497 e. The van der Waals surface area contributed by atoms with Crippen LogP contribution in [0, 0.1) is 5.92 Å². The van der Waals surface area contributed by atoms with Gasteiger partial charge in [-0.15, -0.1) is 0 Å². The molecule has 0 saturated carbocycles. The molecule has 0 aromatic heterocycles. The molecule has 0 radical (unpaired) electrons. The maximum atomic E-state index is 13.0. The highest BCUT2D eigenvalue weighted by molar-refractivity contribution is 8.18. The second kappa shape index (κ2) is 12.4. The van der Waals surface area contributed by atoms with Gasteiger partial charge in [0.05, 0.1) is 16.9 Å². The van der Waals surface area contributed by atoms with Crippen molar-refractivity contribution in [2.75, 3.05) is 33.3 Å². The van der Waals surface area contributed by atoms with Gasteiger partial charge in [0.2, 0.25) is 15.9 Å². The fraction of sp³-hybridized carbons (Fsp3) is 0.393. The standard InChI is InChI=1S/C28H33N3O6S2/c1-19(2)21-6-10-24(11-7-21)39(35,36)30-15-12-22(13-16-30)26(32)29-14-17-31-27(33)25(38-28(31)34)18-20-4-8-23(37-3)9-5-20/h4-11,18-19,22H,12-17H2,1-3H3,(H,29,32)/b25-18+. The van der Waals surface area contributed by atoms with Crippen LogP contribution in [0.4, 0.5) is 4.79 Å². The quantitative estimate of drug-likeness (QED) is 0.452. The van der Waals surface area contributed by atoms with E-state index in [1.54, 1.807) is 49.6 Å². The van der Waals surface area contributed by atoms with Crippen molar-refractivity contribution in [3.8, 4) is 5.75 Å². The Hall–Kier alpha value is -3.15. The first-order valence-corrected chi connectivity index (χ1v) is 15.1. The summed E-state index contributed by atoms with van der Waals surface area (Å²) in [4.78, 5) is 39.6. The first-order valence-electron chi connectivity index (χ1n) is 12.9. The van der Waals surface area contributed by atoms with Crippen LogP contribution in [0.2, 0.25) is 0 Å². The van der Waals surface area contributed by atoms with Crippen LogP contribution in [0.15, 0.2) is 58.3 Å². The van der Waals surface area contributed by atoms with E-state index in [0.29, 0.717) is 29.4 Å². The van der Waals surface area contributed by atoms with Crippen LogP contribution in [0.25, 0.3) is 6.08 Å². The van der Waals surface area contributed by atoms with Crippen molar-refractivity contribution < 1.29 is 27.5 Å². The molecule has 0 spiro atoms. The minimum Gasteiger partial charge on any atom is -0.497 e. The highest BCUT2D eigenvalue weighted by Gasteiger charge is 2.35. The van der Waals surface area contributed by atoms with Gasteiger partial charge in [-0.2, -0.15) is 4.31 Å². The zero-order valence-corrected chi connectivity index (χ0v) is 23.9. The van der Waals surface area contributed by atoms with E-state index in [1.165, 1.54) is 4.31 Å². The van der Waals surface area contributed by atoms with Gasteiger partial charge < -0.3 is 10.1 Å². The van der Waals surface area contributed by atoms with Crippen LogP contribution in [-0.2, 0) is 19.6 Å². The van der Waals surface area contributed by atoms with Crippen LogP contribution in [0.1, 0.15) is 43.7 Å². The number of nitrogens with one attached hydrogen (secondary N) is 1. The lowest BCUT2D eigenvalue weighted by atomic mass is 9.97. The van der Waals surface area contributed by atoms with Crippen LogP contribution in [-0.4, -0.2) is 68.0 Å². The SMILES string of the molecule is COc1ccc(/C=C2/SC(=O)N(CCNC(=O)C3CCN(S(=O)(=O)c4ccc(C(C)C)cc4)CC3)C2=O)cc1. The van der Waals surface area contributed by atoms with E-state index in [9.17, 15) is 22.8 Å². The predicted octanol–water partition coefficient (Wildman–Crippen LogP) is 4.07. The molecule has 39 heavy (non-hydrogen) atoms. The van der Waals surface area contributed by atoms with E-state index in [1.807, 2.05) is 12.1 Å². The monoisotopic (exact) mass is 571 g/mol. The van der Waals surface area contributed by atoms with E-state index >= 15 is 0 Å². The summed E-state index contributed by atoms with van der Waals surface area (Å²) in [7, 11) is -2.05. The predicted molar refractivity (Wildman–Crippen MR) is 151 cm³/mol. The van der Waals surface area contributed by atoms with Crippen molar-refractivity contribution in [3.05, 3.63) is 64.6 Å². The van der Waals surface area contributed by atoms with Gasteiger partial charge in [0.15, 0.2) is 0 Å². The molecule has 1 N–H and O–H groups in total. The average molecular weight is 572 g/mol. The van der Waals surface area contributed by atoms with Crippen molar-refractivity contribution in [2.45, 2.75) is 37.5 Å². The molecule has 9 nitrogen and oxygen atoms in total. The summed E-state index contributed by atoms with van der Waals surface area (Å²) in [5.41, 5.74) is 1.85. The zero-order valence-electron chi connectivity index (χ0n) is 22.3. The number of amides is 3. The number of rotatable bonds is 9. The summed E-state index contributed by atoms with van der Waals surface area (Å²) in [6, 6.07) is 14.1. The van der Waals surface area contributed by atoms with Crippen molar-refractivity contribution in [2.24, 2.45) is 5.92 Å². The summed E-state index contributed by atoms with van der Waals surface area (Å²) < 4.78 is 32.6. The number of hydrogen-bond acceptors (Lipinski definition) is 7. The second-order valence-corrected chi connectivity index (χ2v) is 12.7. The lowest BCUT2D eigenvalue weighted by Crippen LogP contribution is -2.44. The fourth-order valence-corrected chi connectivity index (χ4v) is 6.85. The summed E-state index contributed by atoms with van der Waals surface area (Å²) in [6.45, 7) is 4.82. The zero-order chi connectivity index (χ0) is 28.2. The lowest BCUT2D eigenvalue weighted by Gasteiger charge is -2.30. The summed E-state index contributed by atoms with van der Waals surface area (Å²) >= 11 is 0.868. The van der Waals surface area contributed by atoms with Gasteiger partial charge in [-0.05, 0) is 72.0 Å². The number of piperidine rings is 1. The van der Waals surface area contributed by atoms with Gasteiger partial charge in [0, 0.05) is 32.1 Å². The smallest absolute Gasteiger partial charge is 0.293 e. The Morgan fingerprint density at radius 1 is 1.08 bits per heavy atom. The van der Waals surface area contributed by atoms with Gasteiger partial charge in [-0.3, -0.25) is 19.3 Å². The Morgan fingerprint density at radius 2 is 1.72 bits per heavy atom. The first kappa shape index (κ1) is 28.8. The molecule has 0 atom stereocenters. The maximum Gasteiger partial charge on any atom is 0.293 e. The summed E-state index contributed by atoms with van der Waals surface area (Å²) in [6.07, 6.45) is 2.46. The van der Waals surface area contributed by atoms with Crippen LogP contribution in [0.5, 0.6) is 5.75 Å². The highest BCUT2D eigenvalue weighted by atomic mass is 32.2. The van der Waals surface area contributed by atoms with Gasteiger partial charge >= 0.3 is 0 Å². The molecule has 4 rings (SSSR count). The molecule has 2 aromatic carbocycles. The summed E-state index contributed by atoms with van der Waals surface area (Å²) in [5, 5.41) is 2.42. The number of imide groups is 1. The molecule has 2 aliphatic heterocycles. The van der Waals surface area contributed by atoms with Crippen LogP contribution >= 0.6 is 11.8 Å². The third-order valence-electron chi connectivity index (χ3n) is 6.93. The third kappa shape index (κ3) is 6.71. The topological polar surface area (TPSA) is 113 Å². The van der Waals surface area contributed by atoms with Crippen LogP contribution in [0.3, 0.4) is 0 Å². The first-order chi connectivity index (χ1) is 18.6. The van der Waals surface area contributed by atoms with Gasteiger partial charge in [0.25, 0.3) is 11.1 Å². The second-order valence-electron chi connectivity index (χ2n) is 9.80. The number of nitrogens with zero attached hydrogens (tertiary/aromatic N) is 2. The molecular weight excluding hydrogens is 538 g/mol. The van der Waals surface area contributed by atoms with Crippen LogP contribution < -0.4 is 10.1 Å². The van der Waals surface area contributed by atoms with Crippen molar-refractivity contribution in [1.82, 2.24) is 14.5 Å². The number of carbonyl (C=O) groups is 3. The van der Waals surface area contributed by atoms with E-state index in [2.05, 4.69) is 19.2 Å². The molecule has 2 aromatic rings. The molecule has 0 unspecified atom stereocenters. The normalized spacial score (nSPS) is 18.3. The molecule has 2 saturated heterocycles. The number of carbonyl (C=O) groups excluding carboxylic acids is 3. The molecule has 2 heterocycles. The van der Waals surface area contributed by atoms with E-state index in [-0.39, 0.29) is 48.1 Å². The Morgan fingerprint density at radius 3 is 2.31 bits per heavy atom. The minimum absolute atomic E-state index is 0.0654. The molecule has 208 valence electrons. The Bertz CT molecular complexity index is 1350. The molecule has 2 aliphatic rings. The number of methoxy groups -OCH3 is 1. The molecule has 0 aliphatic carbocycles. The molecule has 11 heteroatoms. The van der Waals surface area contributed by atoms with E-state index in [4.69, 9.17) is 4.74 Å². The summed E-state index contributed by atoms with van der Waals surface area (Å²) in [5.74, 6) is 0.0859. The molecule has 3 amide bonds. The van der Waals surface area contributed by atoms with Crippen molar-refractivity contribution in [3.63, 3.8) is 0 Å². The van der Waals surface area contributed by atoms with Crippen molar-refractivity contribution >= 4 is 44.9 Å². The minimum atomic E-state index is -3.62. The maximum absolute atomic E-state index is 13.0.